The van der Waals surface area contributed by atoms with Crippen molar-refractivity contribution in [2.45, 2.75) is 24.7 Å². The fourth-order valence-corrected chi connectivity index (χ4v) is 2.29. The Bertz CT molecular complexity index is 361. The molecule has 0 spiro atoms. The Morgan fingerprint density at radius 3 is 2.73 bits per heavy atom. The van der Waals surface area contributed by atoms with E-state index in [1.165, 1.54) is 18.4 Å². The first-order valence-corrected chi connectivity index (χ1v) is 5.64. The Kier molecular flexibility index (Phi) is 2.89. The van der Waals surface area contributed by atoms with Crippen LogP contribution in [0.1, 0.15) is 24.8 Å². The van der Waals surface area contributed by atoms with Crippen LogP contribution >= 0.6 is 11.6 Å². The summed E-state index contributed by atoms with van der Waals surface area (Å²) in [6, 6.07) is 6.05. The number of rotatable bonds is 4. The number of hydrogen-bond donors (Lipinski definition) is 1. The molecule has 0 aliphatic heterocycles. The molecule has 0 heterocycles. The van der Waals surface area contributed by atoms with Crippen molar-refractivity contribution in [2.24, 2.45) is 5.73 Å². The van der Waals surface area contributed by atoms with Crippen molar-refractivity contribution in [3.05, 3.63) is 28.8 Å². The van der Waals surface area contributed by atoms with E-state index in [0.29, 0.717) is 10.4 Å². The molecular formula is C12H16ClNO. The molecule has 15 heavy (non-hydrogen) atoms. The van der Waals surface area contributed by atoms with Gasteiger partial charge in [0.2, 0.25) is 0 Å². The summed E-state index contributed by atoms with van der Waals surface area (Å²) < 4.78 is 5.22. The molecule has 3 heteroatoms. The van der Waals surface area contributed by atoms with Gasteiger partial charge in [0, 0.05) is 0 Å². The molecule has 82 valence electrons. The first-order valence-electron chi connectivity index (χ1n) is 5.26. The largest absolute Gasteiger partial charge is 0.495 e. The van der Waals surface area contributed by atoms with E-state index in [1.54, 1.807) is 7.11 Å². The summed E-state index contributed by atoms with van der Waals surface area (Å²) in [5.41, 5.74) is 7.26. The topological polar surface area (TPSA) is 35.2 Å². The molecule has 2 nitrogen and oxygen atoms in total. The highest BCUT2D eigenvalue weighted by atomic mass is 35.5. The van der Waals surface area contributed by atoms with Gasteiger partial charge in [0.1, 0.15) is 5.75 Å². The van der Waals surface area contributed by atoms with Crippen LogP contribution in [-0.4, -0.2) is 13.7 Å². The Hall–Kier alpha value is -0.730. The first-order chi connectivity index (χ1) is 7.22. The molecule has 0 bridgehead atoms. The first kappa shape index (κ1) is 10.8. The Labute approximate surface area is 95.4 Å². The van der Waals surface area contributed by atoms with Crippen LogP contribution in [0.15, 0.2) is 18.2 Å². The smallest absolute Gasteiger partial charge is 0.137 e. The predicted molar refractivity (Wildman–Crippen MR) is 62.6 cm³/mol. The van der Waals surface area contributed by atoms with E-state index in [4.69, 9.17) is 22.1 Å². The van der Waals surface area contributed by atoms with E-state index in [0.717, 1.165) is 18.7 Å². The van der Waals surface area contributed by atoms with Gasteiger partial charge in [-0.1, -0.05) is 17.7 Å². The van der Waals surface area contributed by atoms with Crippen molar-refractivity contribution in [1.82, 2.24) is 0 Å². The van der Waals surface area contributed by atoms with Crippen LogP contribution in [-0.2, 0) is 5.41 Å². The van der Waals surface area contributed by atoms with Crippen molar-refractivity contribution in [2.75, 3.05) is 13.7 Å². The predicted octanol–water partition coefficient (Wildman–Crippen LogP) is 2.73. The number of hydrogen-bond acceptors (Lipinski definition) is 2. The van der Waals surface area contributed by atoms with E-state index in [-0.39, 0.29) is 0 Å². The Morgan fingerprint density at radius 1 is 1.47 bits per heavy atom. The van der Waals surface area contributed by atoms with Crippen molar-refractivity contribution in [3.8, 4) is 5.75 Å². The summed E-state index contributed by atoms with van der Waals surface area (Å²) in [5.74, 6) is 0.762. The maximum absolute atomic E-state index is 5.99. The molecule has 1 aromatic carbocycles. The van der Waals surface area contributed by atoms with Crippen LogP contribution in [0.4, 0.5) is 0 Å². The lowest BCUT2D eigenvalue weighted by molar-refractivity contribution is 0.413. The summed E-state index contributed by atoms with van der Waals surface area (Å²) in [6.07, 6.45) is 3.52. The standard InChI is InChI=1S/C12H16ClNO/c1-15-11-8-9(2-3-10(11)13)12(4-5-12)6-7-14/h2-3,8H,4-7,14H2,1H3. The molecule has 1 fully saturated rings. The fourth-order valence-electron chi connectivity index (χ4n) is 2.10. The van der Waals surface area contributed by atoms with Gasteiger partial charge >= 0.3 is 0 Å². The molecule has 0 amide bonds. The van der Waals surface area contributed by atoms with E-state index < -0.39 is 0 Å². The van der Waals surface area contributed by atoms with Crippen LogP contribution in [0, 0.1) is 0 Å². The van der Waals surface area contributed by atoms with Crippen molar-refractivity contribution in [1.29, 1.82) is 0 Å². The van der Waals surface area contributed by atoms with E-state index in [9.17, 15) is 0 Å². The summed E-state index contributed by atoms with van der Waals surface area (Å²) in [7, 11) is 1.65. The van der Waals surface area contributed by atoms with Gasteiger partial charge in [0.15, 0.2) is 0 Å². The minimum Gasteiger partial charge on any atom is -0.495 e. The normalized spacial score (nSPS) is 17.5. The maximum atomic E-state index is 5.99. The lowest BCUT2D eigenvalue weighted by Gasteiger charge is -2.15. The summed E-state index contributed by atoms with van der Waals surface area (Å²) in [5, 5.41) is 0.671. The SMILES string of the molecule is COc1cc(C2(CCN)CC2)ccc1Cl. The minimum absolute atomic E-state index is 0.312. The van der Waals surface area contributed by atoms with Gasteiger partial charge in [-0.2, -0.15) is 0 Å². The Balaban J connectivity index is 2.29. The second-order valence-electron chi connectivity index (χ2n) is 4.17. The third-order valence-electron chi connectivity index (χ3n) is 3.24. The lowest BCUT2D eigenvalue weighted by atomic mass is 9.92. The second kappa shape index (κ2) is 4.03. The number of halogens is 1. The monoisotopic (exact) mass is 225 g/mol. The van der Waals surface area contributed by atoms with Gasteiger partial charge in [-0.15, -0.1) is 0 Å². The zero-order chi connectivity index (χ0) is 10.9. The Morgan fingerprint density at radius 2 is 2.20 bits per heavy atom. The van der Waals surface area contributed by atoms with Gasteiger partial charge < -0.3 is 10.5 Å². The number of benzene rings is 1. The van der Waals surface area contributed by atoms with Crippen LogP contribution in [0.2, 0.25) is 5.02 Å². The highest BCUT2D eigenvalue weighted by Gasteiger charge is 2.43. The zero-order valence-electron chi connectivity index (χ0n) is 8.92. The maximum Gasteiger partial charge on any atom is 0.137 e. The number of methoxy groups -OCH3 is 1. The average molecular weight is 226 g/mol. The average Bonchev–Trinajstić information content (AvgIpc) is 3.00. The summed E-state index contributed by atoms with van der Waals surface area (Å²) >= 11 is 5.99. The number of nitrogens with two attached hydrogens (primary N) is 1. The van der Waals surface area contributed by atoms with E-state index in [2.05, 4.69) is 6.07 Å². The van der Waals surface area contributed by atoms with Crippen LogP contribution < -0.4 is 10.5 Å². The fraction of sp³-hybridized carbons (Fsp3) is 0.500. The lowest BCUT2D eigenvalue weighted by Crippen LogP contribution is -2.13. The third-order valence-corrected chi connectivity index (χ3v) is 3.55. The molecule has 0 unspecified atom stereocenters. The minimum atomic E-state index is 0.312. The van der Waals surface area contributed by atoms with Gasteiger partial charge in [-0.3, -0.25) is 0 Å². The third kappa shape index (κ3) is 1.97. The van der Waals surface area contributed by atoms with Gasteiger partial charge in [0.25, 0.3) is 0 Å². The van der Waals surface area contributed by atoms with Gasteiger partial charge in [-0.05, 0) is 48.9 Å². The molecule has 0 atom stereocenters. The van der Waals surface area contributed by atoms with E-state index in [1.807, 2.05) is 12.1 Å². The molecule has 0 aromatic heterocycles. The van der Waals surface area contributed by atoms with Gasteiger partial charge in [0.05, 0.1) is 12.1 Å². The van der Waals surface area contributed by atoms with Crippen LogP contribution in [0.3, 0.4) is 0 Å². The second-order valence-corrected chi connectivity index (χ2v) is 4.58. The molecule has 1 aliphatic rings. The molecule has 1 saturated carbocycles. The van der Waals surface area contributed by atoms with E-state index >= 15 is 0 Å². The van der Waals surface area contributed by atoms with Gasteiger partial charge in [-0.25, -0.2) is 0 Å². The summed E-state index contributed by atoms with van der Waals surface area (Å²) in [6.45, 7) is 0.741. The molecule has 0 saturated heterocycles. The summed E-state index contributed by atoms with van der Waals surface area (Å²) in [4.78, 5) is 0. The quantitative estimate of drug-likeness (QED) is 0.855. The van der Waals surface area contributed by atoms with Crippen LogP contribution in [0.5, 0.6) is 5.75 Å². The van der Waals surface area contributed by atoms with Crippen molar-refractivity contribution < 1.29 is 4.74 Å². The molecule has 0 radical (unpaired) electrons. The molecule has 1 aromatic rings. The molecule has 2 N–H and O–H groups in total. The molecular weight excluding hydrogens is 210 g/mol. The number of ether oxygens (including phenoxy) is 1. The zero-order valence-corrected chi connectivity index (χ0v) is 9.68. The highest BCUT2D eigenvalue weighted by Crippen LogP contribution is 2.51. The molecule has 1 aliphatic carbocycles. The van der Waals surface area contributed by atoms with Crippen molar-refractivity contribution in [3.63, 3.8) is 0 Å². The van der Waals surface area contributed by atoms with Crippen LogP contribution in [0.25, 0.3) is 0 Å². The molecule has 2 rings (SSSR count). The van der Waals surface area contributed by atoms with Crippen molar-refractivity contribution >= 4 is 11.6 Å². The highest BCUT2D eigenvalue weighted by molar-refractivity contribution is 6.32.